The Balaban J connectivity index is 2.33. The summed E-state index contributed by atoms with van der Waals surface area (Å²) in [5, 5.41) is 28.2. The van der Waals surface area contributed by atoms with Crippen molar-refractivity contribution >= 4 is 0 Å². The number of aromatic nitrogens is 1. The van der Waals surface area contributed by atoms with Gasteiger partial charge in [-0.25, -0.2) is 0 Å². The second kappa shape index (κ2) is 4.91. The first-order valence-corrected chi connectivity index (χ1v) is 5.67. The summed E-state index contributed by atoms with van der Waals surface area (Å²) in [7, 11) is 0. The number of hydrogen-bond donors (Lipinski definition) is 3. The lowest BCUT2D eigenvalue weighted by molar-refractivity contribution is -0.0157. The Morgan fingerprint density at radius 2 is 2.00 bits per heavy atom. The third kappa shape index (κ3) is 2.09. The van der Waals surface area contributed by atoms with Crippen LogP contribution >= 0.6 is 0 Å². The number of aryl methyl sites for hydroxylation is 1. The zero-order valence-electron chi connectivity index (χ0n) is 9.13. The molecule has 1 aromatic heterocycles. The van der Waals surface area contributed by atoms with Gasteiger partial charge in [0.05, 0.1) is 6.61 Å². The van der Waals surface area contributed by atoms with E-state index >= 15 is 0 Å². The minimum Gasteiger partial charge on any atom is -0.394 e. The van der Waals surface area contributed by atoms with Gasteiger partial charge >= 0.3 is 0 Å². The first-order chi connectivity index (χ1) is 7.74. The van der Waals surface area contributed by atoms with Gasteiger partial charge in [0.15, 0.2) is 0 Å². The molecule has 0 spiro atoms. The van der Waals surface area contributed by atoms with Crippen LogP contribution in [0.5, 0.6) is 0 Å². The van der Waals surface area contributed by atoms with Gasteiger partial charge in [0.1, 0.15) is 12.2 Å². The molecule has 0 bridgehead atoms. The van der Waals surface area contributed by atoms with E-state index in [1.165, 1.54) is 0 Å². The summed E-state index contributed by atoms with van der Waals surface area (Å²) in [6.45, 7) is -0.432. The minimum absolute atomic E-state index is 0.432. The van der Waals surface area contributed by atoms with Crippen molar-refractivity contribution in [1.29, 1.82) is 0 Å². The minimum atomic E-state index is -1.12. The van der Waals surface area contributed by atoms with Crippen LogP contribution in [0.2, 0.25) is 0 Å². The fraction of sp³-hybridized carbons (Fsp3) is 0.583. The highest BCUT2D eigenvalue weighted by Crippen LogP contribution is 2.28. The molecule has 88 valence electrons. The molecular formula is C12H17NO3. The maximum atomic E-state index is 9.91. The molecule has 2 rings (SSSR count). The van der Waals surface area contributed by atoms with Crippen molar-refractivity contribution in [2.45, 2.75) is 37.9 Å². The number of aliphatic hydroxyl groups is 3. The molecule has 1 heterocycles. The zero-order chi connectivity index (χ0) is 11.5. The highest BCUT2D eigenvalue weighted by Gasteiger charge is 2.23. The number of pyridine rings is 1. The third-order valence-electron chi connectivity index (χ3n) is 3.14. The van der Waals surface area contributed by atoms with E-state index in [1.54, 1.807) is 12.3 Å². The number of aliphatic hydroxyl groups excluding tert-OH is 3. The summed E-state index contributed by atoms with van der Waals surface area (Å²) in [5.41, 5.74) is 2.79. The lowest BCUT2D eigenvalue weighted by Gasteiger charge is -2.23. The highest BCUT2D eigenvalue weighted by atomic mass is 16.4. The molecule has 1 aromatic rings. The largest absolute Gasteiger partial charge is 0.394 e. The van der Waals surface area contributed by atoms with Crippen molar-refractivity contribution in [2.75, 3.05) is 6.61 Å². The number of nitrogens with zero attached hydrogens (tertiary/aromatic N) is 1. The summed E-state index contributed by atoms with van der Waals surface area (Å²) in [5.74, 6) is 0. The first-order valence-electron chi connectivity index (χ1n) is 5.67. The van der Waals surface area contributed by atoms with Gasteiger partial charge in [-0.15, -0.1) is 0 Å². The zero-order valence-corrected chi connectivity index (χ0v) is 9.13. The van der Waals surface area contributed by atoms with Crippen LogP contribution in [0, 0.1) is 0 Å². The molecule has 4 heteroatoms. The van der Waals surface area contributed by atoms with E-state index in [-0.39, 0.29) is 0 Å². The molecule has 0 radical (unpaired) electrons. The lowest BCUT2D eigenvalue weighted by Crippen LogP contribution is -2.24. The lowest BCUT2D eigenvalue weighted by atomic mass is 9.89. The number of rotatable bonds is 3. The van der Waals surface area contributed by atoms with Crippen molar-refractivity contribution in [3.8, 4) is 0 Å². The van der Waals surface area contributed by atoms with Gasteiger partial charge in [-0.2, -0.15) is 0 Å². The fourth-order valence-electron chi connectivity index (χ4n) is 2.24. The number of hydrogen-bond acceptors (Lipinski definition) is 4. The van der Waals surface area contributed by atoms with Gasteiger partial charge in [-0.05, 0) is 42.9 Å². The Kier molecular flexibility index (Phi) is 3.53. The van der Waals surface area contributed by atoms with Crippen molar-refractivity contribution in [2.24, 2.45) is 0 Å². The summed E-state index contributed by atoms with van der Waals surface area (Å²) < 4.78 is 0. The molecule has 0 saturated carbocycles. The molecular weight excluding hydrogens is 206 g/mol. The van der Waals surface area contributed by atoms with E-state index in [2.05, 4.69) is 4.98 Å². The predicted octanol–water partition coefficient (Wildman–Crippen LogP) is 0.347. The SMILES string of the molecule is OC[C@@H](O)[C@H](O)c1ccnc2c1CCCC2. The van der Waals surface area contributed by atoms with Crippen LogP contribution < -0.4 is 0 Å². The Bertz CT molecular complexity index is 367. The first kappa shape index (κ1) is 11.5. The molecule has 1 aliphatic carbocycles. The van der Waals surface area contributed by atoms with E-state index in [1.807, 2.05) is 0 Å². The van der Waals surface area contributed by atoms with Gasteiger partial charge < -0.3 is 15.3 Å². The van der Waals surface area contributed by atoms with E-state index in [9.17, 15) is 10.2 Å². The average Bonchev–Trinajstić information content (AvgIpc) is 2.36. The van der Waals surface area contributed by atoms with Crippen LogP contribution in [0.4, 0.5) is 0 Å². The van der Waals surface area contributed by atoms with Crippen LogP contribution in [0.15, 0.2) is 12.3 Å². The smallest absolute Gasteiger partial charge is 0.107 e. The van der Waals surface area contributed by atoms with Gasteiger partial charge in [-0.1, -0.05) is 0 Å². The van der Waals surface area contributed by atoms with Gasteiger partial charge in [-0.3, -0.25) is 4.98 Å². The normalized spacial score (nSPS) is 18.9. The average molecular weight is 223 g/mol. The summed E-state index contributed by atoms with van der Waals surface area (Å²) in [4.78, 5) is 4.29. The Labute approximate surface area is 94.6 Å². The van der Waals surface area contributed by atoms with Gasteiger partial charge in [0.25, 0.3) is 0 Å². The van der Waals surface area contributed by atoms with Crippen LogP contribution in [0.25, 0.3) is 0 Å². The van der Waals surface area contributed by atoms with E-state index in [0.717, 1.165) is 36.9 Å². The van der Waals surface area contributed by atoms with Crippen LogP contribution in [0.3, 0.4) is 0 Å². The summed E-state index contributed by atoms with van der Waals surface area (Å²) in [6, 6.07) is 1.73. The van der Waals surface area contributed by atoms with Crippen LogP contribution in [0.1, 0.15) is 35.8 Å². The second-order valence-electron chi connectivity index (χ2n) is 4.23. The molecule has 0 aromatic carbocycles. The Morgan fingerprint density at radius 1 is 1.25 bits per heavy atom. The van der Waals surface area contributed by atoms with Crippen molar-refractivity contribution in [3.63, 3.8) is 0 Å². The molecule has 0 fully saturated rings. The summed E-state index contributed by atoms with van der Waals surface area (Å²) in [6.07, 6.45) is 3.58. The van der Waals surface area contributed by atoms with Crippen molar-refractivity contribution < 1.29 is 15.3 Å². The maximum absolute atomic E-state index is 9.91. The molecule has 4 nitrogen and oxygen atoms in total. The topological polar surface area (TPSA) is 73.6 Å². The van der Waals surface area contributed by atoms with Gasteiger partial charge in [0, 0.05) is 11.9 Å². The van der Waals surface area contributed by atoms with Crippen molar-refractivity contribution in [3.05, 3.63) is 29.1 Å². The van der Waals surface area contributed by atoms with E-state index in [4.69, 9.17) is 5.11 Å². The Morgan fingerprint density at radius 3 is 2.75 bits per heavy atom. The Hall–Kier alpha value is -0.970. The van der Waals surface area contributed by atoms with Gasteiger partial charge in [0.2, 0.25) is 0 Å². The predicted molar refractivity (Wildman–Crippen MR) is 58.9 cm³/mol. The molecule has 0 unspecified atom stereocenters. The molecule has 0 aliphatic heterocycles. The monoisotopic (exact) mass is 223 g/mol. The third-order valence-corrected chi connectivity index (χ3v) is 3.14. The fourth-order valence-corrected chi connectivity index (χ4v) is 2.24. The van der Waals surface area contributed by atoms with E-state index < -0.39 is 18.8 Å². The quantitative estimate of drug-likeness (QED) is 0.691. The molecule has 16 heavy (non-hydrogen) atoms. The standard InChI is InChI=1S/C12H17NO3/c14-7-11(15)12(16)9-5-6-13-10-4-2-1-3-8(9)10/h5-6,11-12,14-16H,1-4,7H2/t11-,12-/m1/s1. The van der Waals surface area contributed by atoms with Crippen LogP contribution in [-0.4, -0.2) is 33.0 Å². The van der Waals surface area contributed by atoms with Crippen molar-refractivity contribution in [1.82, 2.24) is 4.98 Å². The molecule has 0 saturated heterocycles. The second-order valence-corrected chi connectivity index (χ2v) is 4.23. The van der Waals surface area contributed by atoms with E-state index in [0.29, 0.717) is 5.56 Å². The molecule has 3 N–H and O–H groups in total. The number of fused-ring (bicyclic) bond motifs is 1. The highest BCUT2D eigenvalue weighted by molar-refractivity contribution is 5.34. The molecule has 0 amide bonds. The molecule has 1 aliphatic rings. The summed E-state index contributed by atoms with van der Waals surface area (Å²) >= 11 is 0. The van der Waals surface area contributed by atoms with Crippen LogP contribution in [-0.2, 0) is 12.8 Å². The molecule has 2 atom stereocenters. The maximum Gasteiger partial charge on any atom is 0.107 e.